The molecule has 2 nitrogen and oxygen atoms in total. The zero-order valence-corrected chi connectivity index (χ0v) is 10.9. The van der Waals surface area contributed by atoms with E-state index in [9.17, 15) is 18.0 Å². The van der Waals surface area contributed by atoms with Crippen molar-refractivity contribution in [1.82, 2.24) is 4.98 Å². The van der Waals surface area contributed by atoms with E-state index in [0.29, 0.717) is 5.02 Å². The topological polar surface area (TPSA) is 32.9 Å². The summed E-state index contributed by atoms with van der Waals surface area (Å²) in [5.41, 5.74) is -1.01. The molecule has 0 atom stereocenters. The molecule has 1 N–H and O–H groups in total. The second-order valence-electron chi connectivity index (χ2n) is 3.78. The number of alkyl halides is 3. The highest BCUT2D eigenvalue weighted by Gasteiger charge is 2.36. The molecular weight excluding hydrogens is 299 g/mol. The third-order valence-electron chi connectivity index (χ3n) is 2.49. The van der Waals surface area contributed by atoms with Crippen molar-refractivity contribution in [2.75, 3.05) is 0 Å². The number of benzene rings is 1. The molecule has 0 aliphatic rings. The minimum absolute atomic E-state index is 0.179. The van der Waals surface area contributed by atoms with E-state index in [1.807, 2.05) is 0 Å². The molecule has 19 heavy (non-hydrogen) atoms. The number of aromatic nitrogens is 1. The standard InChI is InChI=1S/C12H7ClF3NOS/c13-7-3-1-6(2-4-7)10-8(12(14,15)16)5-9(17-10)11(18)19/h1-5,17H,(H,18,19). The molecule has 0 saturated carbocycles. The van der Waals surface area contributed by atoms with Gasteiger partial charge in [0.2, 0.25) is 5.12 Å². The molecule has 0 aliphatic carbocycles. The van der Waals surface area contributed by atoms with E-state index < -0.39 is 16.9 Å². The Labute approximate surface area is 117 Å². The van der Waals surface area contributed by atoms with Crippen LogP contribution in [0.2, 0.25) is 5.02 Å². The maximum Gasteiger partial charge on any atom is 0.418 e. The lowest BCUT2D eigenvalue weighted by molar-refractivity contribution is -0.137. The highest BCUT2D eigenvalue weighted by atomic mass is 35.5. The number of H-pyrrole nitrogens is 1. The van der Waals surface area contributed by atoms with Crippen LogP contribution in [-0.4, -0.2) is 10.1 Å². The summed E-state index contributed by atoms with van der Waals surface area (Å²) >= 11 is 9.20. The first-order valence-corrected chi connectivity index (χ1v) is 5.91. The molecule has 0 unspecified atom stereocenters. The number of aromatic amines is 1. The lowest BCUT2D eigenvalue weighted by atomic mass is 10.1. The molecular formula is C12H7ClF3NOS. The number of hydrogen-bond donors (Lipinski definition) is 2. The largest absolute Gasteiger partial charge is 0.418 e. The predicted octanol–water partition coefficient (Wildman–Crippen LogP) is 4.42. The summed E-state index contributed by atoms with van der Waals surface area (Å²) in [6.07, 6.45) is -4.56. The lowest BCUT2D eigenvalue weighted by Crippen LogP contribution is -2.05. The van der Waals surface area contributed by atoms with Crippen LogP contribution in [0.1, 0.15) is 16.1 Å². The molecule has 1 heterocycles. The predicted molar refractivity (Wildman–Crippen MR) is 69.6 cm³/mol. The Morgan fingerprint density at radius 2 is 1.79 bits per heavy atom. The number of halogens is 4. The molecule has 1 aromatic carbocycles. The zero-order valence-electron chi connectivity index (χ0n) is 9.25. The maximum atomic E-state index is 12.9. The molecule has 0 spiro atoms. The molecule has 0 saturated heterocycles. The van der Waals surface area contributed by atoms with Gasteiger partial charge in [-0.15, -0.1) is 0 Å². The van der Waals surface area contributed by atoms with Crippen LogP contribution >= 0.6 is 24.2 Å². The van der Waals surface area contributed by atoms with E-state index in [-0.39, 0.29) is 17.0 Å². The van der Waals surface area contributed by atoms with E-state index >= 15 is 0 Å². The minimum atomic E-state index is -4.56. The van der Waals surface area contributed by atoms with E-state index in [2.05, 4.69) is 17.6 Å². The number of thiol groups is 1. The normalized spacial score (nSPS) is 11.6. The van der Waals surface area contributed by atoms with Gasteiger partial charge in [0, 0.05) is 5.02 Å². The molecule has 0 bridgehead atoms. The van der Waals surface area contributed by atoms with Crippen LogP contribution in [0.25, 0.3) is 11.3 Å². The summed E-state index contributed by atoms with van der Waals surface area (Å²) < 4.78 is 38.7. The van der Waals surface area contributed by atoms with Gasteiger partial charge in [0.1, 0.15) is 0 Å². The first-order valence-electron chi connectivity index (χ1n) is 5.08. The van der Waals surface area contributed by atoms with Crippen molar-refractivity contribution in [2.45, 2.75) is 6.18 Å². The summed E-state index contributed by atoms with van der Waals surface area (Å²) in [6.45, 7) is 0. The van der Waals surface area contributed by atoms with Crippen molar-refractivity contribution >= 4 is 29.3 Å². The van der Waals surface area contributed by atoms with Gasteiger partial charge in [-0.3, -0.25) is 4.79 Å². The molecule has 0 radical (unpaired) electrons. The van der Waals surface area contributed by atoms with E-state index in [4.69, 9.17) is 11.6 Å². The highest BCUT2D eigenvalue weighted by molar-refractivity contribution is 7.97. The third-order valence-corrected chi connectivity index (χ3v) is 2.98. The Hall–Kier alpha value is -1.40. The summed E-state index contributed by atoms with van der Waals surface area (Å²) in [5.74, 6) is 0. The first-order chi connectivity index (χ1) is 8.79. The summed E-state index contributed by atoms with van der Waals surface area (Å²) in [7, 11) is 0. The minimum Gasteiger partial charge on any atom is -0.351 e. The maximum absolute atomic E-state index is 12.9. The highest BCUT2D eigenvalue weighted by Crippen LogP contribution is 2.37. The molecule has 7 heteroatoms. The third kappa shape index (κ3) is 2.96. The van der Waals surface area contributed by atoms with Crippen LogP contribution in [0.5, 0.6) is 0 Å². The van der Waals surface area contributed by atoms with Gasteiger partial charge in [0.05, 0.1) is 17.0 Å². The van der Waals surface area contributed by atoms with Crippen molar-refractivity contribution in [3.63, 3.8) is 0 Å². The number of rotatable bonds is 2. The van der Waals surface area contributed by atoms with Crippen molar-refractivity contribution in [2.24, 2.45) is 0 Å². The monoisotopic (exact) mass is 305 g/mol. The Morgan fingerprint density at radius 1 is 1.21 bits per heavy atom. The van der Waals surface area contributed by atoms with Gasteiger partial charge in [-0.2, -0.15) is 13.2 Å². The van der Waals surface area contributed by atoms with Gasteiger partial charge in [-0.25, -0.2) is 0 Å². The van der Waals surface area contributed by atoms with Gasteiger partial charge < -0.3 is 4.98 Å². The molecule has 0 amide bonds. The molecule has 0 fully saturated rings. The Morgan fingerprint density at radius 3 is 2.26 bits per heavy atom. The summed E-state index contributed by atoms with van der Waals surface area (Å²) in [6, 6.07) is 6.58. The average Bonchev–Trinajstić information content (AvgIpc) is 2.74. The van der Waals surface area contributed by atoms with Crippen LogP contribution in [0.15, 0.2) is 30.3 Å². The van der Waals surface area contributed by atoms with Gasteiger partial charge >= 0.3 is 6.18 Å². The van der Waals surface area contributed by atoms with Crippen molar-refractivity contribution in [1.29, 1.82) is 0 Å². The molecule has 0 aliphatic heterocycles. The lowest BCUT2D eigenvalue weighted by Gasteiger charge is -2.07. The van der Waals surface area contributed by atoms with Crippen LogP contribution in [0.4, 0.5) is 13.2 Å². The molecule has 2 rings (SSSR count). The van der Waals surface area contributed by atoms with E-state index in [1.54, 1.807) is 0 Å². The van der Waals surface area contributed by atoms with Crippen molar-refractivity contribution in [3.05, 3.63) is 46.6 Å². The fourth-order valence-corrected chi connectivity index (χ4v) is 1.88. The Bertz CT molecular complexity index is 619. The van der Waals surface area contributed by atoms with Gasteiger partial charge in [-0.05, 0) is 23.8 Å². The van der Waals surface area contributed by atoms with Crippen molar-refractivity contribution < 1.29 is 18.0 Å². The van der Waals surface area contributed by atoms with E-state index in [1.165, 1.54) is 24.3 Å². The van der Waals surface area contributed by atoms with Gasteiger partial charge in [0.15, 0.2) is 0 Å². The smallest absolute Gasteiger partial charge is 0.351 e. The number of carbonyl (C=O) groups excluding carboxylic acids is 1. The molecule has 100 valence electrons. The SMILES string of the molecule is O=C(S)c1cc(C(F)(F)F)c(-c2ccc(Cl)cc2)[nH]1. The Kier molecular flexibility index (Phi) is 3.64. The molecule has 2 aromatic rings. The van der Waals surface area contributed by atoms with E-state index in [0.717, 1.165) is 6.07 Å². The van der Waals surface area contributed by atoms with Crippen LogP contribution in [0, 0.1) is 0 Å². The van der Waals surface area contributed by atoms with Gasteiger partial charge in [0.25, 0.3) is 0 Å². The second kappa shape index (κ2) is 4.94. The molecule has 1 aromatic heterocycles. The first kappa shape index (κ1) is 14.0. The van der Waals surface area contributed by atoms with Crippen LogP contribution < -0.4 is 0 Å². The number of nitrogens with one attached hydrogen (secondary N) is 1. The van der Waals surface area contributed by atoms with Gasteiger partial charge in [-0.1, -0.05) is 36.4 Å². The number of hydrogen-bond acceptors (Lipinski definition) is 1. The summed E-state index contributed by atoms with van der Waals surface area (Å²) in [5, 5.41) is -0.347. The quantitative estimate of drug-likeness (QED) is 0.791. The fourth-order valence-electron chi connectivity index (χ4n) is 1.64. The van der Waals surface area contributed by atoms with Crippen LogP contribution in [0.3, 0.4) is 0 Å². The fraction of sp³-hybridized carbons (Fsp3) is 0.0833. The Balaban J connectivity index is 2.61. The average molecular weight is 306 g/mol. The number of carbonyl (C=O) groups is 1. The van der Waals surface area contributed by atoms with Crippen molar-refractivity contribution in [3.8, 4) is 11.3 Å². The summed E-state index contributed by atoms with van der Waals surface area (Å²) in [4.78, 5) is 13.5. The van der Waals surface area contributed by atoms with Crippen LogP contribution in [-0.2, 0) is 6.18 Å². The zero-order chi connectivity index (χ0) is 14.2. The second-order valence-corrected chi connectivity index (χ2v) is 4.62.